The molecule has 2 radical (unpaired) electrons. The molecule has 0 bridgehead atoms. The molecule has 114 valence electrons. The fourth-order valence-electron chi connectivity index (χ4n) is 1.44. The van der Waals surface area contributed by atoms with Crippen molar-refractivity contribution in [1.82, 2.24) is 0 Å². The Kier molecular flexibility index (Phi) is 11.5. The van der Waals surface area contributed by atoms with Crippen molar-refractivity contribution in [2.24, 2.45) is 0 Å². The number of rotatable bonds is 7. The van der Waals surface area contributed by atoms with E-state index in [1.54, 1.807) is 21.0 Å². The summed E-state index contributed by atoms with van der Waals surface area (Å²) in [5.41, 5.74) is 0.956. The Hall–Kier alpha value is -0.0713. The zero-order valence-corrected chi connectivity index (χ0v) is 16.4. The minimum absolute atomic E-state index is 0.0666. The molecule has 0 unspecified atom stereocenters. The fraction of sp³-hybridized carbons (Fsp3) is 0.600. The van der Waals surface area contributed by atoms with Crippen LogP contribution in [-0.4, -0.2) is 34.1 Å². The van der Waals surface area contributed by atoms with Gasteiger partial charge in [0.1, 0.15) is 0 Å². The molecule has 0 saturated heterocycles. The van der Waals surface area contributed by atoms with Crippen molar-refractivity contribution in [3.63, 3.8) is 0 Å². The Balaban J connectivity index is 0.000000370. The van der Waals surface area contributed by atoms with Gasteiger partial charge in [0.15, 0.2) is 0 Å². The quantitative estimate of drug-likeness (QED) is 0.417. The van der Waals surface area contributed by atoms with Crippen LogP contribution in [0, 0.1) is 6.92 Å². The van der Waals surface area contributed by atoms with Gasteiger partial charge in [-0.05, 0) is 19.1 Å². The molecule has 0 heterocycles. The summed E-state index contributed by atoms with van der Waals surface area (Å²) in [5, 5.41) is 0. The summed E-state index contributed by atoms with van der Waals surface area (Å²) in [6.07, 6.45) is 5.84. The van der Waals surface area contributed by atoms with Gasteiger partial charge in [-0.2, -0.15) is 8.42 Å². The Morgan fingerprint density at radius 1 is 1.00 bits per heavy atom. The molecule has 5 heteroatoms. The van der Waals surface area contributed by atoms with E-state index in [0.717, 1.165) is 5.56 Å². The number of benzene rings is 1. The van der Waals surface area contributed by atoms with Gasteiger partial charge < -0.3 is 0 Å². The Bertz CT molecular complexity index is 435. The van der Waals surface area contributed by atoms with E-state index in [-0.39, 0.29) is 26.0 Å². The third kappa shape index (κ3) is 10.7. The van der Waals surface area contributed by atoms with Crippen molar-refractivity contribution in [3.8, 4) is 0 Å². The molecule has 1 aromatic rings. The van der Waals surface area contributed by atoms with Gasteiger partial charge in [-0.15, -0.1) is 0 Å². The van der Waals surface area contributed by atoms with Crippen molar-refractivity contribution in [1.29, 1.82) is 0 Å². The minimum atomic E-state index is -4.02. The largest absolute Gasteiger partial charge is 0.294 e. The smallest absolute Gasteiger partial charge is 0.282 e. The first-order valence-electron chi connectivity index (χ1n) is 7.16. The van der Waals surface area contributed by atoms with Crippen LogP contribution in [0.4, 0.5) is 0 Å². The van der Waals surface area contributed by atoms with Crippen LogP contribution in [0.25, 0.3) is 0 Å². The molecule has 0 saturated carbocycles. The van der Waals surface area contributed by atoms with E-state index < -0.39 is 10.1 Å². The standard InChI is InChI=1S/C7H8O3S.2C4H9.Sn/c1-6-2-4-7(5-3-6)11(8,9)10;2*1-3-4-2;/h2-5H,1H3,(H,8,9,10);2*1,3-4H2,2H3;. The second kappa shape index (κ2) is 11.6. The Morgan fingerprint density at radius 3 is 1.80 bits per heavy atom. The molecule has 0 aliphatic heterocycles. The third-order valence-electron chi connectivity index (χ3n) is 2.73. The van der Waals surface area contributed by atoms with Gasteiger partial charge in [0.25, 0.3) is 10.1 Å². The Labute approximate surface area is 134 Å². The topological polar surface area (TPSA) is 54.4 Å². The Morgan fingerprint density at radius 2 is 1.45 bits per heavy atom. The van der Waals surface area contributed by atoms with E-state index in [9.17, 15) is 8.42 Å². The predicted octanol–water partition coefficient (Wildman–Crippen LogP) is 4.37. The average molecular weight is 405 g/mol. The number of hydrogen-bond donors (Lipinski definition) is 1. The number of hydrogen-bond acceptors (Lipinski definition) is 2. The zero-order chi connectivity index (χ0) is 15.4. The summed E-state index contributed by atoms with van der Waals surface area (Å²) >= 11 is 0.149. The molecule has 3 nitrogen and oxygen atoms in total. The van der Waals surface area contributed by atoms with E-state index in [0.29, 0.717) is 0 Å². The van der Waals surface area contributed by atoms with Gasteiger partial charge in [0.2, 0.25) is 0 Å². The maximum absolute atomic E-state index is 10.5. The molecule has 1 aromatic carbocycles. The van der Waals surface area contributed by atoms with Gasteiger partial charge in [-0.25, -0.2) is 0 Å². The molecule has 0 aromatic heterocycles. The van der Waals surface area contributed by atoms with E-state index in [1.165, 1.54) is 37.8 Å². The van der Waals surface area contributed by atoms with E-state index >= 15 is 0 Å². The van der Waals surface area contributed by atoms with Crippen LogP contribution in [0.1, 0.15) is 45.1 Å². The summed E-state index contributed by atoms with van der Waals surface area (Å²) in [5.74, 6) is 0. The van der Waals surface area contributed by atoms with Crippen LogP contribution in [-0.2, 0) is 10.1 Å². The van der Waals surface area contributed by atoms with Crippen LogP contribution in [0.5, 0.6) is 0 Å². The van der Waals surface area contributed by atoms with Crippen LogP contribution < -0.4 is 0 Å². The number of aryl methyl sites for hydroxylation is 1. The molecular formula is C15H26O3SSn. The van der Waals surface area contributed by atoms with Crippen LogP contribution in [0.15, 0.2) is 29.2 Å². The van der Waals surface area contributed by atoms with Crippen molar-refractivity contribution >= 4 is 31.3 Å². The van der Waals surface area contributed by atoms with Crippen LogP contribution in [0.3, 0.4) is 0 Å². The SMILES string of the molecule is CCC[CH2][Sn][CH2]CCC.Cc1ccc(S(=O)(=O)O)cc1. The van der Waals surface area contributed by atoms with Gasteiger partial charge in [0.05, 0.1) is 4.90 Å². The van der Waals surface area contributed by atoms with Crippen molar-refractivity contribution < 1.29 is 13.0 Å². The monoisotopic (exact) mass is 406 g/mol. The average Bonchev–Trinajstić information content (AvgIpc) is 2.39. The molecule has 20 heavy (non-hydrogen) atoms. The van der Waals surface area contributed by atoms with E-state index in [4.69, 9.17) is 4.55 Å². The molecule has 0 fully saturated rings. The molecule has 0 atom stereocenters. The first-order valence-corrected chi connectivity index (χ1v) is 12.6. The van der Waals surface area contributed by atoms with Crippen LogP contribution in [0.2, 0.25) is 8.87 Å². The summed E-state index contributed by atoms with van der Waals surface area (Å²) in [6.45, 7) is 6.42. The normalized spacial score (nSPS) is 10.8. The van der Waals surface area contributed by atoms with Gasteiger partial charge in [-0.1, -0.05) is 17.7 Å². The van der Waals surface area contributed by atoms with Crippen molar-refractivity contribution in [3.05, 3.63) is 29.8 Å². The van der Waals surface area contributed by atoms with Crippen LogP contribution >= 0.6 is 0 Å². The van der Waals surface area contributed by atoms with E-state index in [2.05, 4.69) is 13.8 Å². The third-order valence-corrected chi connectivity index (χ3v) is 7.64. The molecule has 0 aliphatic rings. The predicted molar refractivity (Wildman–Crippen MR) is 86.2 cm³/mol. The summed E-state index contributed by atoms with van der Waals surface area (Å²) in [6, 6.07) is 5.99. The molecule has 0 amide bonds. The summed E-state index contributed by atoms with van der Waals surface area (Å²) < 4.78 is 32.8. The maximum Gasteiger partial charge on any atom is 0.294 e. The number of unbranched alkanes of at least 4 members (excludes halogenated alkanes) is 2. The maximum atomic E-state index is 10.5. The molecule has 1 N–H and O–H groups in total. The van der Waals surface area contributed by atoms with Gasteiger partial charge in [-0.3, -0.25) is 4.55 Å². The van der Waals surface area contributed by atoms with E-state index in [1.807, 2.05) is 6.92 Å². The van der Waals surface area contributed by atoms with Gasteiger partial charge in [0, 0.05) is 0 Å². The molecule has 0 spiro atoms. The zero-order valence-electron chi connectivity index (χ0n) is 12.7. The minimum Gasteiger partial charge on any atom is -0.282 e. The van der Waals surface area contributed by atoms with Crippen molar-refractivity contribution in [2.75, 3.05) is 0 Å². The second-order valence-electron chi connectivity index (χ2n) is 4.75. The second-order valence-corrected chi connectivity index (χ2v) is 10.4. The molecule has 0 aliphatic carbocycles. The molecular weight excluding hydrogens is 379 g/mol. The first kappa shape index (κ1) is 19.9. The van der Waals surface area contributed by atoms with Crippen molar-refractivity contribution in [2.45, 2.75) is 60.2 Å². The summed E-state index contributed by atoms with van der Waals surface area (Å²) in [7, 11) is -4.02. The summed E-state index contributed by atoms with van der Waals surface area (Å²) in [4.78, 5) is -0.0666. The van der Waals surface area contributed by atoms with Gasteiger partial charge >= 0.3 is 69.5 Å². The first-order chi connectivity index (χ1) is 9.41. The molecule has 1 rings (SSSR count). The fourth-order valence-corrected chi connectivity index (χ4v) is 6.08.